The van der Waals surface area contributed by atoms with Crippen LogP contribution >= 0.6 is 15.9 Å². The Morgan fingerprint density at radius 1 is 1.04 bits per heavy atom. The third-order valence-corrected chi connectivity index (χ3v) is 17.3. The van der Waals surface area contributed by atoms with E-state index in [1.807, 2.05) is 18.2 Å². The summed E-state index contributed by atoms with van der Waals surface area (Å²) in [6.45, 7) is 19.4. The Morgan fingerprint density at radius 3 is 2.04 bits per heavy atom. The summed E-state index contributed by atoms with van der Waals surface area (Å²) in [6, 6.07) is 7.40. The predicted octanol–water partition coefficient (Wildman–Crippen LogP) is 6.54. The minimum Gasteiger partial charge on any atom is -0.542 e. The third kappa shape index (κ3) is 5.44. The Morgan fingerprint density at radius 2 is 1.60 bits per heavy atom. The number of hydrogen-bond donors (Lipinski definition) is 0. The van der Waals surface area contributed by atoms with Crippen LogP contribution in [0.25, 0.3) is 0 Å². The van der Waals surface area contributed by atoms with Crippen molar-refractivity contribution in [1.82, 2.24) is 0 Å². The number of carbonyl (C=O) groups is 1. The zero-order chi connectivity index (χ0) is 19.7. The lowest BCUT2D eigenvalue weighted by atomic mass is 10.2. The van der Waals surface area contributed by atoms with E-state index in [9.17, 15) is 4.79 Å². The van der Waals surface area contributed by atoms with Crippen molar-refractivity contribution in [2.45, 2.75) is 71.3 Å². The van der Waals surface area contributed by atoms with E-state index in [0.29, 0.717) is 5.56 Å². The molecule has 1 aromatic rings. The predicted molar refractivity (Wildman–Crippen MR) is 115 cm³/mol. The van der Waals surface area contributed by atoms with Crippen molar-refractivity contribution in [2.75, 3.05) is 4.95 Å². The first-order valence-corrected chi connectivity index (χ1v) is 15.4. The van der Waals surface area contributed by atoms with Gasteiger partial charge in [-0.1, -0.05) is 63.5 Å². The Labute approximate surface area is 163 Å². The van der Waals surface area contributed by atoms with Crippen LogP contribution < -0.4 is 4.43 Å². The van der Waals surface area contributed by atoms with Crippen LogP contribution in [-0.4, -0.2) is 27.6 Å². The maximum atomic E-state index is 12.7. The number of halogens is 1. The Bertz CT molecular complexity index is 618. The Kier molecular flexibility index (Phi) is 6.79. The Balaban J connectivity index is 3.04. The normalized spacial score (nSPS) is 15.4. The first-order chi connectivity index (χ1) is 11.1. The topological polar surface area (TPSA) is 35.5 Å². The lowest BCUT2D eigenvalue weighted by Gasteiger charge is -2.38. The molecule has 25 heavy (non-hydrogen) atoms. The summed E-state index contributed by atoms with van der Waals surface area (Å²) in [7, 11) is -4.17. The molecule has 142 valence electrons. The molecule has 1 unspecified atom stereocenters. The van der Waals surface area contributed by atoms with Crippen LogP contribution in [0.5, 0.6) is 5.75 Å². The molecule has 0 aliphatic heterocycles. The van der Waals surface area contributed by atoms with Gasteiger partial charge in [0.15, 0.2) is 0 Å². The molecule has 0 N–H and O–H groups in total. The molecular weight excluding hydrogens is 412 g/mol. The molecule has 0 saturated heterocycles. The highest BCUT2D eigenvalue weighted by Gasteiger charge is 2.43. The van der Waals surface area contributed by atoms with Crippen LogP contribution in [0.2, 0.25) is 29.7 Å². The van der Waals surface area contributed by atoms with Crippen molar-refractivity contribution < 1.29 is 13.6 Å². The zero-order valence-electron chi connectivity index (χ0n) is 17.1. The van der Waals surface area contributed by atoms with Crippen molar-refractivity contribution in [2.24, 2.45) is 0 Å². The molecular formula is C19H33BrO3Si2. The van der Waals surface area contributed by atoms with Gasteiger partial charge < -0.3 is 8.85 Å². The number of carbonyl (C=O) groups excluding carboxylic acids is 1. The van der Waals surface area contributed by atoms with Gasteiger partial charge >= 0.3 is 5.97 Å². The molecule has 3 nitrogen and oxygen atoms in total. The minimum absolute atomic E-state index is 0.00947. The second-order valence-corrected chi connectivity index (χ2v) is 20.2. The van der Waals surface area contributed by atoms with Gasteiger partial charge in [0.05, 0.1) is 5.56 Å². The highest BCUT2D eigenvalue weighted by molar-refractivity contribution is 9.09. The molecule has 1 aromatic carbocycles. The van der Waals surface area contributed by atoms with Crippen molar-refractivity contribution in [3.05, 3.63) is 29.8 Å². The monoisotopic (exact) mass is 444 g/mol. The molecule has 0 fully saturated rings. The molecule has 0 heterocycles. The lowest BCUT2D eigenvalue weighted by Crippen LogP contribution is -2.49. The van der Waals surface area contributed by atoms with Crippen molar-refractivity contribution >= 4 is 38.5 Å². The molecule has 0 radical (unpaired) electrons. The van der Waals surface area contributed by atoms with E-state index in [1.54, 1.807) is 6.07 Å². The summed E-state index contributed by atoms with van der Waals surface area (Å²) in [6.07, 6.45) is 0. The Hall–Kier alpha value is -0.596. The van der Waals surface area contributed by atoms with E-state index in [0.717, 1.165) is 10.7 Å². The van der Waals surface area contributed by atoms with Crippen LogP contribution in [0.3, 0.4) is 0 Å². The van der Waals surface area contributed by atoms with E-state index in [4.69, 9.17) is 8.85 Å². The fourth-order valence-electron chi connectivity index (χ4n) is 1.77. The van der Waals surface area contributed by atoms with Crippen LogP contribution in [-0.2, 0) is 4.43 Å². The molecule has 1 atom stereocenters. The average Bonchev–Trinajstić information content (AvgIpc) is 2.44. The summed E-state index contributed by atoms with van der Waals surface area (Å²) in [4.78, 5) is 13.5. The second-order valence-electron chi connectivity index (χ2n) is 9.39. The summed E-state index contributed by atoms with van der Waals surface area (Å²) in [5, 5.41) is 0.0681. The van der Waals surface area contributed by atoms with Gasteiger partial charge in [-0.25, -0.2) is 4.79 Å². The largest absolute Gasteiger partial charge is 0.542 e. The highest BCUT2D eigenvalue weighted by Crippen LogP contribution is 2.39. The zero-order valence-corrected chi connectivity index (χ0v) is 20.7. The lowest BCUT2D eigenvalue weighted by molar-refractivity contribution is 0.0712. The van der Waals surface area contributed by atoms with E-state index in [1.165, 1.54) is 0 Å². The van der Waals surface area contributed by atoms with Crippen LogP contribution in [0, 0.1) is 0 Å². The van der Waals surface area contributed by atoms with Crippen LogP contribution in [0.4, 0.5) is 0 Å². The van der Waals surface area contributed by atoms with Gasteiger partial charge in [-0.3, -0.25) is 0 Å². The fraction of sp³-hybridized carbons (Fsp3) is 0.632. The summed E-state index contributed by atoms with van der Waals surface area (Å²) in [5.74, 6) is 0.489. The maximum absolute atomic E-state index is 12.7. The number of rotatable bonds is 5. The summed E-state index contributed by atoms with van der Waals surface area (Å²) < 4.78 is 12.3. The van der Waals surface area contributed by atoms with E-state index in [2.05, 4.69) is 77.1 Å². The van der Waals surface area contributed by atoms with Crippen molar-refractivity contribution in [3.8, 4) is 5.75 Å². The third-order valence-electron chi connectivity index (χ3n) is 5.41. The molecule has 6 heteroatoms. The molecule has 0 saturated carbocycles. The highest BCUT2D eigenvalue weighted by atomic mass is 79.9. The van der Waals surface area contributed by atoms with Gasteiger partial charge in [0, 0.05) is 4.95 Å². The van der Waals surface area contributed by atoms with Gasteiger partial charge in [0.2, 0.25) is 0 Å². The van der Waals surface area contributed by atoms with E-state index >= 15 is 0 Å². The number of alkyl halides is 1. The van der Waals surface area contributed by atoms with Gasteiger partial charge in [0.25, 0.3) is 16.6 Å². The summed E-state index contributed by atoms with van der Waals surface area (Å²) >= 11 is 3.62. The average molecular weight is 446 g/mol. The van der Waals surface area contributed by atoms with E-state index in [-0.39, 0.29) is 16.0 Å². The molecule has 1 rings (SSSR count). The smallest absolute Gasteiger partial charge is 0.324 e. The minimum atomic E-state index is -2.14. The number of benzene rings is 1. The molecule has 0 bridgehead atoms. The first-order valence-electron chi connectivity index (χ1n) is 8.71. The number of hydrogen-bond acceptors (Lipinski definition) is 3. The van der Waals surface area contributed by atoms with E-state index < -0.39 is 16.6 Å². The first kappa shape index (κ1) is 22.4. The van der Waals surface area contributed by atoms with Gasteiger partial charge in [-0.2, -0.15) is 0 Å². The van der Waals surface area contributed by atoms with Crippen molar-refractivity contribution in [1.29, 1.82) is 0 Å². The van der Waals surface area contributed by atoms with Crippen LogP contribution in [0.1, 0.15) is 51.9 Å². The van der Waals surface area contributed by atoms with Crippen LogP contribution in [0.15, 0.2) is 24.3 Å². The quantitative estimate of drug-likeness (QED) is 0.381. The summed E-state index contributed by atoms with van der Waals surface area (Å²) in [5.41, 5.74) is 0.558. The maximum Gasteiger partial charge on any atom is 0.324 e. The molecule has 0 amide bonds. The fourth-order valence-corrected chi connectivity index (χ4v) is 6.93. The van der Waals surface area contributed by atoms with Gasteiger partial charge in [0.1, 0.15) is 5.75 Å². The standard InChI is InChI=1S/C19H33BrO3Si2/c1-18(2,3)24(7,8)23-17(21)15-11-10-12-16(13-15)22-25(9,14-20)19(4,5)6/h10-13H,14H2,1-9H3. The van der Waals surface area contributed by atoms with Gasteiger partial charge in [-0.15, -0.1) is 0 Å². The molecule has 0 spiro atoms. The molecule has 0 aliphatic carbocycles. The van der Waals surface area contributed by atoms with Gasteiger partial charge in [-0.05, 0) is 47.9 Å². The van der Waals surface area contributed by atoms with Crippen molar-refractivity contribution in [3.63, 3.8) is 0 Å². The second kappa shape index (κ2) is 7.57. The molecule has 0 aliphatic rings. The SMILES string of the molecule is CC(C)(C)[Si](C)(C)OC(=O)c1cccc(O[Si](C)(CBr)C(C)(C)C)c1. The molecule has 0 aromatic heterocycles.